The van der Waals surface area contributed by atoms with E-state index in [-0.39, 0.29) is 39.1 Å². The Hall–Kier alpha value is -3.07. The molecule has 10 heteroatoms. The van der Waals surface area contributed by atoms with Crippen LogP contribution in [0, 0.1) is 0 Å². The molecule has 0 aliphatic heterocycles. The van der Waals surface area contributed by atoms with Crippen LogP contribution in [0.2, 0.25) is 10.0 Å². The normalized spacial score (nSPS) is 14.4. The predicted molar refractivity (Wildman–Crippen MR) is 164 cm³/mol. The summed E-state index contributed by atoms with van der Waals surface area (Å²) in [6.07, 6.45) is 4.83. The molecule has 0 saturated heterocycles. The maximum Gasteiger partial charge on any atom is 0.264 e. The van der Waals surface area contributed by atoms with Gasteiger partial charge in [-0.3, -0.25) is 13.9 Å². The van der Waals surface area contributed by atoms with Crippen LogP contribution < -0.4 is 9.62 Å². The highest BCUT2D eigenvalue weighted by Crippen LogP contribution is 2.33. The van der Waals surface area contributed by atoms with Gasteiger partial charge in [0.15, 0.2) is 0 Å². The lowest BCUT2D eigenvalue weighted by Crippen LogP contribution is -2.54. The number of carbonyl (C=O) groups is 2. The van der Waals surface area contributed by atoms with Gasteiger partial charge in [0.25, 0.3) is 10.0 Å². The van der Waals surface area contributed by atoms with E-state index in [4.69, 9.17) is 23.2 Å². The molecule has 4 rings (SSSR count). The molecule has 2 amide bonds. The molecular formula is C31H35Cl2N3O4S. The average Bonchev–Trinajstić information content (AvgIpc) is 3.49. The SMILES string of the molecule is CC[C@H](C(=O)NC1CCCC1)N(CCc1ccccc1)C(=O)CN(c1cc(Cl)ccc1Cl)S(=O)(=O)c1ccccc1. The van der Waals surface area contributed by atoms with Crippen molar-refractivity contribution < 1.29 is 18.0 Å². The first-order valence-corrected chi connectivity index (χ1v) is 16.1. The molecule has 1 aliphatic rings. The maximum absolute atomic E-state index is 14.1. The molecule has 0 radical (unpaired) electrons. The second-order valence-electron chi connectivity index (χ2n) is 10.2. The highest BCUT2D eigenvalue weighted by Gasteiger charge is 2.35. The third-order valence-electron chi connectivity index (χ3n) is 7.36. The molecule has 218 valence electrons. The Kier molecular flexibility index (Phi) is 10.7. The summed E-state index contributed by atoms with van der Waals surface area (Å²) in [5, 5.41) is 3.52. The average molecular weight is 617 g/mol. The molecule has 1 atom stereocenters. The van der Waals surface area contributed by atoms with Crippen LogP contribution >= 0.6 is 23.2 Å². The number of nitrogens with zero attached hydrogens (tertiary/aromatic N) is 2. The van der Waals surface area contributed by atoms with E-state index in [1.54, 1.807) is 24.3 Å². The number of anilines is 1. The summed E-state index contributed by atoms with van der Waals surface area (Å²) >= 11 is 12.7. The summed E-state index contributed by atoms with van der Waals surface area (Å²) in [6.45, 7) is 1.54. The van der Waals surface area contributed by atoms with E-state index < -0.39 is 28.5 Å². The van der Waals surface area contributed by atoms with Gasteiger partial charge in [0.1, 0.15) is 12.6 Å². The molecule has 1 N–H and O–H groups in total. The number of sulfonamides is 1. The summed E-state index contributed by atoms with van der Waals surface area (Å²) in [4.78, 5) is 29.1. The molecule has 1 saturated carbocycles. The standard InChI is InChI=1S/C31H35Cl2N3O4S/c1-2-28(31(38)34-25-13-9-10-14-25)35(20-19-23-11-5-3-6-12-23)30(37)22-36(29-21-24(32)17-18-27(29)33)41(39,40)26-15-7-4-8-16-26/h3-8,11-12,15-18,21,25,28H,2,9-10,13-14,19-20,22H2,1H3,(H,34,38)/t28-/m1/s1. The van der Waals surface area contributed by atoms with Gasteiger partial charge < -0.3 is 10.2 Å². The van der Waals surface area contributed by atoms with Gasteiger partial charge in [-0.1, -0.05) is 91.5 Å². The Balaban J connectivity index is 1.69. The Labute approximate surface area is 252 Å². The molecule has 0 unspecified atom stereocenters. The first-order chi connectivity index (χ1) is 19.7. The molecule has 0 spiro atoms. The summed E-state index contributed by atoms with van der Waals surface area (Å²) in [7, 11) is -4.22. The first kappa shape index (κ1) is 30.9. The molecule has 3 aromatic rings. The zero-order valence-electron chi connectivity index (χ0n) is 23.0. The van der Waals surface area contributed by atoms with Crippen molar-refractivity contribution in [2.45, 2.75) is 62.4 Å². The van der Waals surface area contributed by atoms with Crippen LogP contribution in [0.4, 0.5) is 5.69 Å². The van der Waals surface area contributed by atoms with Crippen molar-refractivity contribution in [3.8, 4) is 0 Å². The van der Waals surface area contributed by atoms with Crippen molar-refractivity contribution in [1.82, 2.24) is 10.2 Å². The molecule has 1 aliphatic carbocycles. The number of amides is 2. The summed E-state index contributed by atoms with van der Waals surface area (Å²) in [5.74, 6) is -0.732. The summed E-state index contributed by atoms with van der Waals surface area (Å²) in [6, 6.07) is 21.3. The number of rotatable bonds is 12. The van der Waals surface area contributed by atoms with Crippen molar-refractivity contribution in [1.29, 1.82) is 0 Å². The Bertz CT molecular complexity index is 1430. The Morgan fingerprint density at radius 2 is 1.59 bits per heavy atom. The molecule has 7 nitrogen and oxygen atoms in total. The molecule has 3 aromatic carbocycles. The van der Waals surface area contributed by atoms with E-state index in [1.165, 1.54) is 29.2 Å². The van der Waals surface area contributed by atoms with Gasteiger partial charge in [0.2, 0.25) is 11.8 Å². The van der Waals surface area contributed by atoms with E-state index in [1.807, 2.05) is 37.3 Å². The van der Waals surface area contributed by atoms with E-state index in [0.29, 0.717) is 12.8 Å². The van der Waals surface area contributed by atoms with Gasteiger partial charge in [0.05, 0.1) is 15.6 Å². The van der Waals surface area contributed by atoms with Crippen LogP contribution in [0.1, 0.15) is 44.6 Å². The fourth-order valence-electron chi connectivity index (χ4n) is 5.17. The molecule has 0 bridgehead atoms. The lowest BCUT2D eigenvalue weighted by atomic mass is 10.1. The second kappa shape index (κ2) is 14.2. The van der Waals surface area contributed by atoms with Crippen molar-refractivity contribution in [2.24, 2.45) is 0 Å². The number of carbonyl (C=O) groups excluding carboxylic acids is 2. The molecule has 0 aromatic heterocycles. The lowest BCUT2D eigenvalue weighted by molar-refractivity contribution is -0.139. The quantitative estimate of drug-likeness (QED) is 0.267. The van der Waals surface area contributed by atoms with Crippen LogP contribution in [0.15, 0.2) is 83.8 Å². The number of benzene rings is 3. The minimum atomic E-state index is -4.22. The van der Waals surface area contributed by atoms with Crippen molar-refractivity contribution in [2.75, 3.05) is 17.4 Å². The van der Waals surface area contributed by atoms with Gasteiger partial charge in [-0.2, -0.15) is 0 Å². The van der Waals surface area contributed by atoms with E-state index in [9.17, 15) is 18.0 Å². The number of halogens is 2. The fraction of sp³-hybridized carbons (Fsp3) is 0.355. The van der Waals surface area contributed by atoms with E-state index in [2.05, 4.69) is 5.32 Å². The minimum absolute atomic E-state index is 0.00527. The predicted octanol–water partition coefficient (Wildman–Crippen LogP) is 6.10. The molecule has 0 heterocycles. The van der Waals surface area contributed by atoms with Crippen LogP contribution in [-0.4, -0.2) is 50.3 Å². The first-order valence-electron chi connectivity index (χ1n) is 13.9. The molecule has 1 fully saturated rings. The van der Waals surface area contributed by atoms with Crippen LogP contribution in [-0.2, 0) is 26.0 Å². The monoisotopic (exact) mass is 615 g/mol. The van der Waals surface area contributed by atoms with Gasteiger partial charge in [0, 0.05) is 17.6 Å². The van der Waals surface area contributed by atoms with Crippen molar-refractivity contribution in [3.05, 3.63) is 94.5 Å². The Morgan fingerprint density at radius 3 is 2.22 bits per heavy atom. The van der Waals surface area contributed by atoms with Crippen LogP contribution in [0.5, 0.6) is 0 Å². The molecular weight excluding hydrogens is 581 g/mol. The van der Waals surface area contributed by atoms with Crippen molar-refractivity contribution in [3.63, 3.8) is 0 Å². The van der Waals surface area contributed by atoms with E-state index in [0.717, 1.165) is 35.6 Å². The van der Waals surface area contributed by atoms with Gasteiger partial charge >= 0.3 is 0 Å². The zero-order chi connectivity index (χ0) is 29.4. The van der Waals surface area contributed by atoms with Crippen LogP contribution in [0.3, 0.4) is 0 Å². The van der Waals surface area contributed by atoms with Crippen LogP contribution in [0.25, 0.3) is 0 Å². The van der Waals surface area contributed by atoms with Crippen molar-refractivity contribution >= 4 is 50.7 Å². The third kappa shape index (κ3) is 7.82. The second-order valence-corrected chi connectivity index (χ2v) is 12.9. The topological polar surface area (TPSA) is 86.8 Å². The summed E-state index contributed by atoms with van der Waals surface area (Å²) in [5.41, 5.74) is 1.09. The van der Waals surface area contributed by atoms with E-state index >= 15 is 0 Å². The largest absolute Gasteiger partial charge is 0.352 e. The summed E-state index contributed by atoms with van der Waals surface area (Å²) < 4.78 is 28.8. The zero-order valence-corrected chi connectivity index (χ0v) is 25.3. The van der Waals surface area contributed by atoms with Gasteiger partial charge in [-0.25, -0.2) is 8.42 Å². The highest BCUT2D eigenvalue weighted by atomic mass is 35.5. The molecule has 41 heavy (non-hydrogen) atoms. The number of hydrogen-bond acceptors (Lipinski definition) is 4. The maximum atomic E-state index is 14.1. The smallest absolute Gasteiger partial charge is 0.264 e. The highest BCUT2D eigenvalue weighted by molar-refractivity contribution is 7.92. The number of nitrogens with one attached hydrogen (secondary N) is 1. The fourth-order valence-corrected chi connectivity index (χ4v) is 7.06. The minimum Gasteiger partial charge on any atom is -0.352 e. The third-order valence-corrected chi connectivity index (χ3v) is 9.69. The lowest BCUT2D eigenvalue weighted by Gasteiger charge is -2.34. The Morgan fingerprint density at radius 1 is 0.951 bits per heavy atom. The van der Waals surface area contributed by atoms with Gasteiger partial charge in [-0.15, -0.1) is 0 Å². The number of hydrogen-bond donors (Lipinski definition) is 1. The van der Waals surface area contributed by atoms with Gasteiger partial charge in [-0.05, 0) is 61.6 Å².